The molecule has 0 bridgehead atoms. The zero-order chi connectivity index (χ0) is 43.0. The van der Waals surface area contributed by atoms with Gasteiger partial charge in [0.2, 0.25) is 17.7 Å². The number of rotatable bonds is 22. The zero-order valence-electron chi connectivity index (χ0n) is 35.7. The van der Waals surface area contributed by atoms with Crippen LogP contribution in [0.25, 0.3) is 10.8 Å². The highest BCUT2D eigenvalue weighted by Gasteiger charge is 2.38. The lowest BCUT2D eigenvalue weighted by atomic mass is 9.88. The average Bonchev–Trinajstić information content (AvgIpc) is 3.15. The summed E-state index contributed by atoms with van der Waals surface area (Å²) in [7, 11) is 0. The lowest BCUT2D eigenvalue weighted by molar-refractivity contribution is -0.158. The predicted molar refractivity (Wildman–Crippen MR) is 226 cm³/mol. The molecule has 0 saturated carbocycles. The molecule has 0 aliphatic carbocycles. The number of carbonyl (C=O) groups excluding carboxylic acids is 5. The van der Waals surface area contributed by atoms with Crippen molar-refractivity contribution >= 4 is 40.6 Å². The number of unbranched alkanes of at least 4 members (excludes halogenated alkanes) is 1. The largest absolute Gasteiger partial charge is 0.460 e. The molecule has 0 fully saturated rings. The Morgan fingerprint density at radius 1 is 0.828 bits per heavy atom. The highest BCUT2D eigenvalue weighted by molar-refractivity contribution is 5.93. The molecule has 3 aromatic carbocycles. The van der Waals surface area contributed by atoms with Gasteiger partial charge >= 0.3 is 12.1 Å². The van der Waals surface area contributed by atoms with E-state index in [1.165, 1.54) is 0 Å². The number of carbonyl (C=O) groups is 5. The summed E-state index contributed by atoms with van der Waals surface area (Å²) in [6.07, 6.45) is -0.317. The Balaban J connectivity index is 1.96. The maximum atomic E-state index is 14.9. The molecule has 0 unspecified atom stereocenters. The Hall–Kier alpha value is -4.97. The molecule has 5 N–H and O–H groups in total. The Labute approximate surface area is 344 Å². The molecule has 0 aromatic heterocycles. The second-order valence-corrected chi connectivity index (χ2v) is 17.1. The van der Waals surface area contributed by atoms with Crippen LogP contribution in [0, 0.1) is 17.8 Å². The number of esters is 1. The van der Waals surface area contributed by atoms with Crippen LogP contribution < -0.4 is 16.4 Å². The summed E-state index contributed by atoms with van der Waals surface area (Å²) in [5, 5.41) is 19.5. The quantitative estimate of drug-likeness (QED) is 0.0799. The van der Waals surface area contributed by atoms with E-state index in [0.29, 0.717) is 19.3 Å². The van der Waals surface area contributed by atoms with Gasteiger partial charge in [0.05, 0.1) is 24.5 Å². The Morgan fingerprint density at radius 2 is 1.48 bits per heavy atom. The van der Waals surface area contributed by atoms with E-state index in [4.69, 9.17) is 15.2 Å². The van der Waals surface area contributed by atoms with Crippen LogP contribution in [0.15, 0.2) is 72.8 Å². The smallest absolute Gasteiger partial charge is 0.408 e. The summed E-state index contributed by atoms with van der Waals surface area (Å²) >= 11 is 0. The van der Waals surface area contributed by atoms with E-state index in [2.05, 4.69) is 10.6 Å². The van der Waals surface area contributed by atoms with Crippen LogP contribution in [-0.2, 0) is 41.7 Å². The van der Waals surface area contributed by atoms with Crippen LogP contribution in [0.4, 0.5) is 4.79 Å². The van der Waals surface area contributed by atoms with Crippen molar-refractivity contribution < 1.29 is 38.6 Å². The minimum absolute atomic E-state index is 0.00496. The first-order valence-electron chi connectivity index (χ1n) is 20.6. The molecule has 4 amide bonds. The Bertz CT molecular complexity index is 1790. The molecule has 3 aromatic rings. The molecule has 0 heterocycles. The number of fused-ring (bicyclic) bond motifs is 1. The van der Waals surface area contributed by atoms with Gasteiger partial charge in [-0.05, 0) is 73.8 Å². The van der Waals surface area contributed by atoms with Gasteiger partial charge in [0.15, 0.2) is 0 Å². The van der Waals surface area contributed by atoms with Crippen LogP contribution in [-0.4, -0.2) is 76.2 Å². The zero-order valence-corrected chi connectivity index (χ0v) is 35.7. The van der Waals surface area contributed by atoms with E-state index >= 15 is 0 Å². The second-order valence-electron chi connectivity index (χ2n) is 17.1. The molecule has 0 radical (unpaired) electrons. The van der Waals surface area contributed by atoms with Gasteiger partial charge in [-0.25, -0.2) is 4.79 Å². The second kappa shape index (κ2) is 22.8. The summed E-state index contributed by atoms with van der Waals surface area (Å²) in [4.78, 5) is 69.5. The molecule has 0 saturated heterocycles. The normalized spacial score (nSPS) is 14.3. The highest BCUT2D eigenvalue weighted by Crippen LogP contribution is 2.26. The number of hydrogen-bond acceptors (Lipinski definition) is 8. The fourth-order valence-electron chi connectivity index (χ4n) is 7.04. The maximum Gasteiger partial charge on any atom is 0.408 e. The van der Waals surface area contributed by atoms with E-state index in [1.807, 2.05) is 107 Å². The van der Waals surface area contributed by atoms with E-state index in [-0.39, 0.29) is 44.2 Å². The average molecular weight is 803 g/mol. The summed E-state index contributed by atoms with van der Waals surface area (Å²) in [6.45, 7) is 15.3. The van der Waals surface area contributed by atoms with Crippen molar-refractivity contribution in [3.63, 3.8) is 0 Å². The van der Waals surface area contributed by atoms with Crippen LogP contribution in [0.3, 0.4) is 0 Å². The van der Waals surface area contributed by atoms with Gasteiger partial charge < -0.3 is 35.8 Å². The van der Waals surface area contributed by atoms with Gasteiger partial charge in [-0.3, -0.25) is 19.2 Å². The lowest BCUT2D eigenvalue weighted by Crippen LogP contribution is -2.58. The van der Waals surface area contributed by atoms with E-state index in [0.717, 1.165) is 28.3 Å². The molecule has 12 nitrogen and oxygen atoms in total. The number of nitrogens with zero attached hydrogens (tertiary/aromatic N) is 1. The molecule has 0 aliphatic rings. The van der Waals surface area contributed by atoms with Crippen LogP contribution in [0.2, 0.25) is 0 Å². The van der Waals surface area contributed by atoms with Gasteiger partial charge in [0.1, 0.15) is 24.3 Å². The summed E-state index contributed by atoms with van der Waals surface area (Å²) < 4.78 is 11.0. The van der Waals surface area contributed by atoms with Gasteiger partial charge in [0, 0.05) is 13.0 Å². The number of aliphatic hydroxyl groups is 1. The first-order valence-corrected chi connectivity index (χ1v) is 20.6. The highest BCUT2D eigenvalue weighted by atomic mass is 16.6. The number of nitrogens with two attached hydrogens (primary N) is 1. The number of alkyl carbamates (subject to hydrolysis) is 1. The van der Waals surface area contributed by atoms with Gasteiger partial charge in [0.25, 0.3) is 0 Å². The number of ether oxygens (including phenoxy) is 2. The number of aliphatic hydroxyl groups excluding tert-OH is 1. The van der Waals surface area contributed by atoms with E-state index in [9.17, 15) is 29.1 Å². The van der Waals surface area contributed by atoms with Crippen molar-refractivity contribution in [2.45, 2.75) is 137 Å². The fourth-order valence-corrected chi connectivity index (χ4v) is 7.04. The van der Waals surface area contributed by atoms with Crippen LogP contribution in [0.5, 0.6) is 0 Å². The van der Waals surface area contributed by atoms with Crippen molar-refractivity contribution in [1.82, 2.24) is 15.5 Å². The first kappa shape index (κ1) is 47.4. The van der Waals surface area contributed by atoms with Gasteiger partial charge in [-0.15, -0.1) is 0 Å². The van der Waals surface area contributed by atoms with Crippen molar-refractivity contribution in [2.75, 3.05) is 6.54 Å². The molecule has 318 valence electrons. The number of hydrogen-bond donors (Lipinski definition) is 4. The number of nitrogens with one attached hydrogen (secondary N) is 2. The maximum absolute atomic E-state index is 14.9. The Kier molecular flexibility index (Phi) is 18.7. The molecule has 0 aliphatic heterocycles. The van der Waals surface area contributed by atoms with Gasteiger partial charge in [-0.2, -0.15) is 0 Å². The summed E-state index contributed by atoms with van der Waals surface area (Å²) in [6, 6.07) is 19.9. The van der Waals surface area contributed by atoms with Crippen LogP contribution in [0.1, 0.15) is 105 Å². The SMILES string of the molecule is CCCC[C@H](NC(=O)[C@H](Cc1cccc2ccccc12)NC(=O)OCc1ccccc1)C(=O)N(CC(C)C)[C@@H](CC(C)C)[C@@H](O)C[C@@H](CC(=O)OC(C)(C)C)C(N)=O. The van der Waals surface area contributed by atoms with Crippen molar-refractivity contribution in [1.29, 1.82) is 0 Å². The van der Waals surface area contributed by atoms with Crippen molar-refractivity contribution in [2.24, 2.45) is 23.5 Å². The fraction of sp³-hybridized carbons (Fsp3) is 0.543. The molecular weight excluding hydrogens is 737 g/mol. The molecule has 0 spiro atoms. The molecule has 3 rings (SSSR count). The number of benzene rings is 3. The monoisotopic (exact) mass is 802 g/mol. The van der Waals surface area contributed by atoms with E-state index < -0.39 is 65.5 Å². The van der Waals surface area contributed by atoms with Gasteiger partial charge in [-0.1, -0.05) is 120 Å². The van der Waals surface area contributed by atoms with Crippen molar-refractivity contribution in [3.05, 3.63) is 83.9 Å². The molecular formula is C46H66N4O8. The minimum atomic E-state index is -1.23. The van der Waals surface area contributed by atoms with E-state index in [1.54, 1.807) is 25.7 Å². The topological polar surface area (TPSA) is 177 Å². The predicted octanol–water partition coefficient (Wildman–Crippen LogP) is 6.84. The molecule has 5 atom stereocenters. The van der Waals surface area contributed by atoms with Crippen LogP contribution >= 0.6 is 0 Å². The third kappa shape index (κ3) is 15.8. The molecule has 12 heteroatoms. The summed E-state index contributed by atoms with van der Waals surface area (Å²) in [5.74, 6) is -3.35. The lowest BCUT2D eigenvalue weighted by Gasteiger charge is -2.40. The first-order chi connectivity index (χ1) is 27.4. The van der Waals surface area contributed by atoms with Crippen molar-refractivity contribution in [3.8, 4) is 0 Å². The number of primary amides is 1. The Morgan fingerprint density at radius 3 is 2.10 bits per heavy atom. The standard InChI is InChI=1S/C46H66N4O8/c1-9-10-23-37(44(55)50(28-31(4)5)39(24-30(2)3)40(51)26-35(42(47)53)27-41(52)58-46(6,7)8)48-43(54)38(49-45(56)57-29-32-17-12-11-13-18-32)25-34-21-16-20-33-19-14-15-22-36(33)34/h11-22,30-31,35,37-40,51H,9-10,23-29H2,1-8H3,(H2,47,53)(H,48,54)(H,49,56)/t35-,37-,38-,39-,40-/m0/s1. The minimum Gasteiger partial charge on any atom is -0.460 e. The molecule has 58 heavy (non-hydrogen) atoms. The summed E-state index contributed by atoms with van der Waals surface area (Å²) in [5.41, 5.74) is 6.58. The third-order valence-corrected chi connectivity index (χ3v) is 9.75. The third-order valence-electron chi connectivity index (χ3n) is 9.75. The number of amides is 4.